The molecule has 0 spiro atoms. The summed E-state index contributed by atoms with van der Waals surface area (Å²) in [5.74, 6) is 1.25. The Labute approximate surface area is 173 Å². The monoisotopic (exact) mass is 424 g/mol. The van der Waals surface area contributed by atoms with Gasteiger partial charge in [0, 0.05) is 23.1 Å². The molecule has 0 saturated heterocycles. The van der Waals surface area contributed by atoms with E-state index >= 15 is 0 Å². The Bertz CT molecular complexity index is 838. The summed E-state index contributed by atoms with van der Waals surface area (Å²) in [6.45, 7) is 0.383. The Hall–Kier alpha value is -1.76. The van der Waals surface area contributed by atoms with Gasteiger partial charge >= 0.3 is 6.09 Å². The summed E-state index contributed by atoms with van der Waals surface area (Å²) < 4.78 is 11.8. The van der Waals surface area contributed by atoms with Gasteiger partial charge in [0.2, 0.25) is 0 Å². The molecule has 1 aromatic heterocycles. The van der Waals surface area contributed by atoms with Gasteiger partial charge in [-0.1, -0.05) is 34.4 Å². The first-order valence-corrected chi connectivity index (χ1v) is 10.3. The van der Waals surface area contributed by atoms with Crippen LogP contribution in [-0.2, 0) is 11.3 Å². The van der Waals surface area contributed by atoms with E-state index in [1.807, 2.05) is 0 Å². The molecule has 28 heavy (non-hydrogen) atoms. The molecule has 0 aliphatic heterocycles. The van der Waals surface area contributed by atoms with Crippen LogP contribution in [0.15, 0.2) is 22.7 Å². The number of nitrogens with one attached hydrogen (secondary N) is 1. The molecule has 2 aliphatic carbocycles. The Balaban J connectivity index is 1.49. The van der Waals surface area contributed by atoms with Crippen molar-refractivity contribution < 1.29 is 19.2 Å². The SMILES string of the molecule is O=C(O)NC1CCC(OCc2c(-c3c(Cl)cccc3Cl)noc2C2CC2)CC1. The average molecular weight is 425 g/mol. The topological polar surface area (TPSA) is 84.6 Å². The molecule has 0 unspecified atom stereocenters. The Morgan fingerprint density at radius 2 is 1.86 bits per heavy atom. The fourth-order valence-electron chi connectivity index (χ4n) is 3.80. The molecule has 1 aromatic carbocycles. The van der Waals surface area contributed by atoms with Gasteiger partial charge in [-0.05, 0) is 50.7 Å². The zero-order valence-corrected chi connectivity index (χ0v) is 16.8. The number of hydrogen-bond donors (Lipinski definition) is 2. The predicted molar refractivity (Wildman–Crippen MR) is 106 cm³/mol. The van der Waals surface area contributed by atoms with Crippen molar-refractivity contribution in [1.29, 1.82) is 0 Å². The van der Waals surface area contributed by atoms with Crippen molar-refractivity contribution in [2.24, 2.45) is 0 Å². The second kappa shape index (κ2) is 8.31. The summed E-state index contributed by atoms with van der Waals surface area (Å²) in [5.41, 5.74) is 2.25. The first-order chi connectivity index (χ1) is 13.5. The standard InChI is InChI=1S/C20H22Cl2N2O4/c21-15-2-1-3-16(22)17(15)18-14(19(28-24-18)11-4-5-11)10-27-13-8-6-12(7-9-13)23-20(25)26/h1-3,11-13,23H,4-10H2,(H,25,26). The highest BCUT2D eigenvalue weighted by Crippen LogP contribution is 2.46. The average Bonchev–Trinajstić information content (AvgIpc) is 3.42. The maximum absolute atomic E-state index is 10.8. The van der Waals surface area contributed by atoms with Gasteiger partial charge in [-0.2, -0.15) is 0 Å². The van der Waals surface area contributed by atoms with E-state index in [1.165, 1.54) is 0 Å². The summed E-state index contributed by atoms with van der Waals surface area (Å²) >= 11 is 12.8. The molecule has 2 aliphatic rings. The van der Waals surface area contributed by atoms with E-state index < -0.39 is 6.09 Å². The number of aromatic nitrogens is 1. The van der Waals surface area contributed by atoms with E-state index in [2.05, 4.69) is 10.5 Å². The highest BCUT2D eigenvalue weighted by atomic mass is 35.5. The maximum atomic E-state index is 10.8. The lowest BCUT2D eigenvalue weighted by Gasteiger charge is -2.28. The Morgan fingerprint density at radius 1 is 1.18 bits per heavy atom. The number of carbonyl (C=O) groups is 1. The highest BCUT2D eigenvalue weighted by Gasteiger charge is 2.34. The van der Waals surface area contributed by atoms with Gasteiger partial charge in [-0.15, -0.1) is 0 Å². The molecule has 2 aromatic rings. The molecular weight excluding hydrogens is 403 g/mol. The summed E-state index contributed by atoms with van der Waals surface area (Å²) in [4.78, 5) is 10.8. The van der Waals surface area contributed by atoms with Gasteiger partial charge in [0.05, 0.1) is 22.8 Å². The van der Waals surface area contributed by atoms with Crippen LogP contribution in [0.4, 0.5) is 4.79 Å². The van der Waals surface area contributed by atoms with Crippen molar-refractivity contribution in [3.63, 3.8) is 0 Å². The second-order valence-electron chi connectivity index (χ2n) is 7.48. The third kappa shape index (κ3) is 4.29. The minimum Gasteiger partial charge on any atom is -0.465 e. The van der Waals surface area contributed by atoms with Crippen LogP contribution in [0.1, 0.15) is 55.8 Å². The van der Waals surface area contributed by atoms with Crippen molar-refractivity contribution in [3.05, 3.63) is 39.6 Å². The van der Waals surface area contributed by atoms with Crippen LogP contribution in [0.25, 0.3) is 11.3 Å². The number of amides is 1. The lowest BCUT2D eigenvalue weighted by molar-refractivity contribution is 0.0111. The van der Waals surface area contributed by atoms with Gasteiger partial charge in [0.15, 0.2) is 0 Å². The molecule has 1 heterocycles. The van der Waals surface area contributed by atoms with Gasteiger partial charge in [0.1, 0.15) is 11.5 Å². The number of ether oxygens (including phenoxy) is 1. The molecule has 4 rings (SSSR count). The first-order valence-electron chi connectivity index (χ1n) is 9.56. The summed E-state index contributed by atoms with van der Waals surface area (Å²) in [6.07, 6.45) is 4.48. The zero-order valence-electron chi connectivity index (χ0n) is 15.3. The molecule has 1 amide bonds. The smallest absolute Gasteiger partial charge is 0.404 e. The maximum Gasteiger partial charge on any atom is 0.404 e. The van der Waals surface area contributed by atoms with E-state index in [0.717, 1.165) is 49.8 Å². The van der Waals surface area contributed by atoms with Crippen LogP contribution in [0.2, 0.25) is 10.0 Å². The molecule has 150 valence electrons. The highest BCUT2D eigenvalue weighted by molar-refractivity contribution is 6.39. The van der Waals surface area contributed by atoms with Crippen LogP contribution < -0.4 is 5.32 Å². The number of rotatable bonds is 6. The van der Waals surface area contributed by atoms with Gasteiger partial charge in [-0.25, -0.2) is 4.79 Å². The van der Waals surface area contributed by atoms with Crippen LogP contribution in [0, 0.1) is 0 Å². The molecular formula is C20H22Cl2N2O4. The van der Waals surface area contributed by atoms with Crippen LogP contribution >= 0.6 is 23.2 Å². The van der Waals surface area contributed by atoms with E-state index in [-0.39, 0.29) is 12.1 Å². The zero-order chi connectivity index (χ0) is 19.7. The van der Waals surface area contributed by atoms with Crippen LogP contribution in [-0.4, -0.2) is 28.5 Å². The van der Waals surface area contributed by atoms with E-state index in [0.29, 0.717) is 33.8 Å². The molecule has 0 atom stereocenters. The number of carboxylic acid groups (broad SMARTS) is 1. The van der Waals surface area contributed by atoms with E-state index in [9.17, 15) is 4.79 Å². The third-order valence-corrected chi connectivity index (χ3v) is 6.06. The Morgan fingerprint density at radius 3 is 2.46 bits per heavy atom. The molecule has 2 N–H and O–H groups in total. The lowest BCUT2D eigenvalue weighted by atomic mass is 9.93. The number of halogens is 2. The minimum atomic E-state index is -0.968. The molecule has 2 fully saturated rings. The quantitative estimate of drug-likeness (QED) is 0.628. The summed E-state index contributed by atoms with van der Waals surface area (Å²) in [6, 6.07) is 5.38. The van der Waals surface area contributed by atoms with Crippen molar-refractivity contribution in [2.45, 2.75) is 63.2 Å². The molecule has 6 nitrogen and oxygen atoms in total. The number of hydrogen-bond acceptors (Lipinski definition) is 4. The minimum absolute atomic E-state index is 0.00691. The fraction of sp³-hybridized carbons (Fsp3) is 0.500. The lowest BCUT2D eigenvalue weighted by Crippen LogP contribution is -2.38. The van der Waals surface area contributed by atoms with Gasteiger partial charge in [0.25, 0.3) is 0 Å². The van der Waals surface area contributed by atoms with E-state index in [4.69, 9.17) is 37.6 Å². The second-order valence-corrected chi connectivity index (χ2v) is 8.29. The van der Waals surface area contributed by atoms with Crippen molar-refractivity contribution in [3.8, 4) is 11.3 Å². The van der Waals surface area contributed by atoms with Gasteiger partial charge < -0.3 is 19.7 Å². The normalized spacial score (nSPS) is 22.2. The fourth-order valence-corrected chi connectivity index (χ4v) is 4.37. The van der Waals surface area contributed by atoms with Crippen LogP contribution in [0.5, 0.6) is 0 Å². The number of nitrogens with zero attached hydrogens (tertiary/aromatic N) is 1. The first kappa shape index (κ1) is 19.6. The Kier molecular flexibility index (Phi) is 5.80. The third-order valence-electron chi connectivity index (χ3n) is 5.43. The predicted octanol–water partition coefficient (Wildman–Crippen LogP) is 5.62. The van der Waals surface area contributed by atoms with Crippen LogP contribution in [0.3, 0.4) is 0 Å². The molecule has 0 radical (unpaired) electrons. The van der Waals surface area contributed by atoms with Crippen molar-refractivity contribution >= 4 is 29.3 Å². The van der Waals surface area contributed by atoms with E-state index in [1.54, 1.807) is 18.2 Å². The largest absolute Gasteiger partial charge is 0.465 e. The molecule has 8 heteroatoms. The van der Waals surface area contributed by atoms with Crippen molar-refractivity contribution in [2.75, 3.05) is 0 Å². The summed E-state index contributed by atoms with van der Waals surface area (Å²) in [5, 5.41) is 16.7. The van der Waals surface area contributed by atoms with Gasteiger partial charge in [-0.3, -0.25) is 0 Å². The summed E-state index contributed by atoms with van der Waals surface area (Å²) in [7, 11) is 0. The molecule has 0 bridgehead atoms. The van der Waals surface area contributed by atoms with Crippen molar-refractivity contribution in [1.82, 2.24) is 10.5 Å². The molecule has 2 saturated carbocycles. The number of benzene rings is 1.